The average Bonchev–Trinajstić information content (AvgIpc) is 3.48. The van der Waals surface area contributed by atoms with E-state index in [1.54, 1.807) is 29.2 Å². The van der Waals surface area contributed by atoms with E-state index in [4.69, 9.17) is 14.5 Å². The second-order valence-corrected chi connectivity index (χ2v) is 11.5. The molecular weight excluding hydrogens is 472 g/mol. The maximum absolute atomic E-state index is 13.3. The van der Waals surface area contributed by atoms with Gasteiger partial charge in [0, 0.05) is 13.0 Å². The van der Waals surface area contributed by atoms with Crippen LogP contribution >= 0.6 is 11.3 Å². The molecule has 1 aliphatic rings. The zero-order chi connectivity index (χ0) is 24.1. The summed E-state index contributed by atoms with van der Waals surface area (Å²) in [5, 5.41) is 0.587. The highest BCUT2D eigenvalue weighted by molar-refractivity contribution is 7.91. The van der Waals surface area contributed by atoms with Gasteiger partial charge in [-0.15, -0.1) is 0 Å². The first kappa shape index (κ1) is 24.6. The Bertz CT molecular complexity index is 1230. The van der Waals surface area contributed by atoms with Crippen molar-refractivity contribution in [3.05, 3.63) is 48.0 Å². The van der Waals surface area contributed by atoms with Gasteiger partial charge in [-0.05, 0) is 57.4 Å². The molecule has 0 saturated carbocycles. The molecule has 1 aromatic heterocycles. The number of rotatable bonds is 10. The highest BCUT2D eigenvalue weighted by Gasteiger charge is 2.27. The van der Waals surface area contributed by atoms with Crippen molar-refractivity contribution in [1.82, 2.24) is 4.98 Å². The summed E-state index contributed by atoms with van der Waals surface area (Å²) >= 11 is 1.43. The molecule has 3 aromatic rings. The van der Waals surface area contributed by atoms with Crippen molar-refractivity contribution in [2.24, 2.45) is 0 Å². The number of ether oxygens (including phenoxy) is 2. The minimum Gasteiger partial charge on any atom is -0.492 e. The minimum absolute atomic E-state index is 0.0429. The number of carbonyl (C=O) groups is 1. The second kappa shape index (κ2) is 10.8. The predicted octanol–water partition coefficient (Wildman–Crippen LogP) is 4.77. The third kappa shape index (κ3) is 5.76. The Balaban J connectivity index is 1.50. The smallest absolute Gasteiger partial charge is 0.228 e. The van der Waals surface area contributed by atoms with Crippen LogP contribution in [0.3, 0.4) is 0 Å². The molecule has 1 aliphatic heterocycles. The van der Waals surface area contributed by atoms with E-state index in [0.717, 1.165) is 28.6 Å². The summed E-state index contributed by atoms with van der Waals surface area (Å²) in [5.74, 6) is 0.465. The summed E-state index contributed by atoms with van der Waals surface area (Å²) in [5.41, 5.74) is 1.73. The van der Waals surface area contributed by atoms with Crippen LogP contribution in [0.2, 0.25) is 0 Å². The lowest BCUT2D eigenvalue weighted by atomic mass is 10.2. The molecule has 7 nitrogen and oxygen atoms in total. The van der Waals surface area contributed by atoms with Gasteiger partial charge in [0.2, 0.25) is 5.91 Å². The van der Waals surface area contributed by atoms with Crippen LogP contribution in [-0.4, -0.2) is 50.9 Å². The molecule has 182 valence electrons. The van der Waals surface area contributed by atoms with Gasteiger partial charge < -0.3 is 9.47 Å². The van der Waals surface area contributed by atoms with Crippen molar-refractivity contribution >= 4 is 42.4 Å². The third-order valence-electron chi connectivity index (χ3n) is 5.80. The standard InChI is InChI=1S/C25H30N2O5S2/c1-3-31-21-8-4-9-22-24(21)26-25(33-22)27(17-19-7-5-15-32-19)23(28)10-6-16-34(29,30)20-13-11-18(2)12-14-20/h4,8-9,11-14,19H,3,5-7,10,15-17H2,1-2H3. The number of carbonyl (C=O) groups excluding carboxylic acids is 1. The monoisotopic (exact) mass is 502 g/mol. The number of thiazole rings is 1. The van der Waals surface area contributed by atoms with Crippen LogP contribution in [0.25, 0.3) is 10.2 Å². The minimum atomic E-state index is -3.44. The summed E-state index contributed by atoms with van der Waals surface area (Å²) in [6.07, 6.45) is 2.17. The fourth-order valence-corrected chi connectivity index (χ4v) is 6.31. The van der Waals surface area contributed by atoms with E-state index in [1.165, 1.54) is 11.3 Å². The first-order chi connectivity index (χ1) is 16.4. The van der Waals surface area contributed by atoms with Gasteiger partial charge in [-0.25, -0.2) is 13.4 Å². The zero-order valence-corrected chi connectivity index (χ0v) is 21.2. The molecule has 2 aromatic carbocycles. The molecule has 1 unspecified atom stereocenters. The van der Waals surface area contributed by atoms with E-state index in [1.807, 2.05) is 32.0 Å². The molecule has 9 heteroatoms. The van der Waals surface area contributed by atoms with E-state index in [2.05, 4.69) is 0 Å². The van der Waals surface area contributed by atoms with Gasteiger partial charge in [0.05, 0.1) is 34.6 Å². The lowest BCUT2D eigenvalue weighted by molar-refractivity contribution is -0.119. The molecule has 4 rings (SSSR count). The molecular formula is C25H30N2O5S2. The molecule has 1 saturated heterocycles. The average molecular weight is 503 g/mol. The number of aryl methyl sites for hydroxylation is 1. The second-order valence-electron chi connectivity index (χ2n) is 8.41. The van der Waals surface area contributed by atoms with E-state index >= 15 is 0 Å². The Kier molecular flexibility index (Phi) is 7.85. The Hall–Kier alpha value is -2.49. The van der Waals surface area contributed by atoms with Gasteiger partial charge in [0.1, 0.15) is 11.3 Å². The topological polar surface area (TPSA) is 85.8 Å². The van der Waals surface area contributed by atoms with Crippen molar-refractivity contribution in [3.63, 3.8) is 0 Å². The lowest BCUT2D eigenvalue weighted by Gasteiger charge is -2.23. The van der Waals surface area contributed by atoms with Crippen LogP contribution < -0.4 is 9.64 Å². The van der Waals surface area contributed by atoms with Crippen molar-refractivity contribution in [2.75, 3.05) is 30.4 Å². The summed E-state index contributed by atoms with van der Waals surface area (Å²) in [7, 11) is -3.44. The Morgan fingerprint density at radius 3 is 2.74 bits per heavy atom. The maximum atomic E-state index is 13.3. The molecule has 1 atom stereocenters. The molecule has 0 N–H and O–H groups in total. The van der Waals surface area contributed by atoms with Crippen molar-refractivity contribution in [3.8, 4) is 5.75 Å². The zero-order valence-electron chi connectivity index (χ0n) is 19.5. The number of anilines is 1. The highest BCUT2D eigenvalue weighted by atomic mass is 32.2. The highest BCUT2D eigenvalue weighted by Crippen LogP contribution is 2.35. The number of sulfone groups is 1. The molecule has 34 heavy (non-hydrogen) atoms. The van der Waals surface area contributed by atoms with Crippen LogP contribution in [0.15, 0.2) is 47.4 Å². The summed E-state index contributed by atoms with van der Waals surface area (Å²) in [6, 6.07) is 12.5. The van der Waals surface area contributed by atoms with Crippen LogP contribution in [0.1, 0.15) is 38.2 Å². The fourth-order valence-electron chi connectivity index (χ4n) is 3.99. The van der Waals surface area contributed by atoms with Crippen LogP contribution in [-0.2, 0) is 19.4 Å². The van der Waals surface area contributed by atoms with Crippen LogP contribution in [0.4, 0.5) is 5.13 Å². The van der Waals surface area contributed by atoms with Crippen LogP contribution in [0.5, 0.6) is 5.75 Å². The first-order valence-corrected chi connectivity index (χ1v) is 14.1. The number of hydrogen-bond acceptors (Lipinski definition) is 7. The maximum Gasteiger partial charge on any atom is 0.228 e. The molecule has 2 heterocycles. The number of hydrogen-bond donors (Lipinski definition) is 0. The molecule has 1 amide bonds. The van der Waals surface area contributed by atoms with Crippen molar-refractivity contribution in [2.45, 2.75) is 50.5 Å². The Labute approximate surface area is 204 Å². The summed E-state index contributed by atoms with van der Waals surface area (Å²) < 4.78 is 37.8. The summed E-state index contributed by atoms with van der Waals surface area (Å²) in [6.45, 7) is 5.46. The number of benzene rings is 2. The van der Waals surface area contributed by atoms with Gasteiger partial charge >= 0.3 is 0 Å². The lowest BCUT2D eigenvalue weighted by Crippen LogP contribution is -2.37. The third-order valence-corrected chi connectivity index (χ3v) is 8.66. The first-order valence-electron chi connectivity index (χ1n) is 11.6. The quantitative estimate of drug-likeness (QED) is 0.397. The number of para-hydroxylation sites is 1. The van der Waals surface area contributed by atoms with E-state index < -0.39 is 9.84 Å². The van der Waals surface area contributed by atoms with Gasteiger partial charge in [-0.1, -0.05) is 35.1 Å². The number of aromatic nitrogens is 1. The van der Waals surface area contributed by atoms with Gasteiger partial charge in [0.15, 0.2) is 15.0 Å². The van der Waals surface area contributed by atoms with Crippen LogP contribution in [0, 0.1) is 6.92 Å². The largest absolute Gasteiger partial charge is 0.492 e. The molecule has 0 spiro atoms. The van der Waals surface area contributed by atoms with Gasteiger partial charge in [0.25, 0.3) is 0 Å². The number of fused-ring (bicyclic) bond motifs is 1. The van der Waals surface area contributed by atoms with Crippen molar-refractivity contribution in [1.29, 1.82) is 0 Å². The van der Waals surface area contributed by atoms with E-state index in [0.29, 0.717) is 30.6 Å². The number of nitrogens with zero attached hydrogens (tertiary/aromatic N) is 2. The van der Waals surface area contributed by atoms with Crippen molar-refractivity contribution < 1.29 is 22.7 Å². The number of amides is 1. The van der Waals surface area contributed by atoms with Gasteiger partial charge in [-0.3, -0.25) is 9.69 Å². The van der Waals surface area contributed by atoms with Gasteiger partial charge in [-0.2, -0.15) is 0 Å². The molecule has 0 bridgehead atoms. The normalized spacial score (nSPS) is 16.1. The SMILES string of the molecule is CCOc1cccc2sc(N(CC3CCCO3)C(=O)CCCS(=O)(=O)c3ccc(C)cc3)nc12. The predicted molar refractivity (Wildman–Crippen MR) is 135 cm³/mol. The Morgan fingerprint density at radius 2 is 2.03 bits per heavy atom. The summed E-state index contributed by atoms with van der Waals surface area (Å²) in [4.78, 5) is 20.0. The van der Waals surface area contributed by atoms with E-state index in [9.17, 15) is 13.2 Å². The fraction of sp³-hybridized carbons (Fsp3) is 0.440. The van der Waals surface area contributed by atoms with E-state index in [-0.39, 0.29) is 35.5 Å². The molecule has 1 fully saturated rings. The molecule has 0 aliphatic carbocycles. The molecule has 0 radical (unpaired) electrons. The Morgan fingerprint density at radius 1 is 1.24 bits per heavy atom.